The number of aldehydes is 1. The Bertz CT molecular complexity index is 545. The van der Waals surface area contributed by atoms with Crippen molar-refractivity contribution in [1.82, 2.24) is 4.98 Å². The summed E-state index contributed by atoms with van der Waals surface area (Å²) in [5.74, 6) is -0.206. The quantitative estimate of drug-likeness (QED) is 0.794. The molecule has 1 atom stereocenters. The fourth-order valence-corrected chi connectivity index (χ4v) is 2.94. The molecule has 1 unspecified atom stereocenters. The molecule has 18 heavy (non-hydrogen) atoms. The van der Waals surface area contributed by atoms with Gasteiger partial charge in [0.15, 0.2) is 0 Å². The number of benzene rings is 1. The first-order valence-electron chi connectivity index (χ1n) is 5.74. The number of thiazole rings is 1. The van der Waals surface area contributed by atoms with Crippen LogP contribution in [0.5, 0.6) is 0 Å². The zero-order chi connectivity index (χ0) is 13.1. The second-order valence-electron chi connectivity index (χ2n) is 4.23. The van der Waals surface area contributed by atoms with E-state index >= 15 is 0 Å². The van der Waals surface area contributed by atoms with Gasteiger partial charge < -0.3 is 4.79 Å². The fraction of sp³-hybridized carbons (Fsp3) is 0.286. The fourth-order valence-electron chi connectivity index (χ4n) is 1.75. The maximum atomic E-state index is 11.3. The number of hydrogen-bond acceptors (Lipinski definition) is 3. The number of carbonyl (C=O) groups excluding carboxylic acids is 1. The summed E-state index contributed by atoms with van der Waals surface area (Å²) in [7, 11) is 0. The monoisotopic (exact) mass is 279 g/mol. The zero-order valence-electron chi connectivity index (χ0n) is 10.3. The van der Waals surface area contributed by atoms with Crippen molar-refractivity contribution in [2.75, 3.05) is 0 Å². The van der Waals surface area contributed by atoms with Crippen molar-refractivity contribution >= 4 is 29.2 Å². The molecule has 0 amide bonds. The van der Waals surface area contributed by atoms with Gasteiger partial charge in [-0.15, -0.1) is 11.3 Å². The van der Waals surface area contributed by atoms with Gasteiger partial charge in [0.05, 0.1) is 11.6 Å². The van der Waals surface area contributed by atoms with Crippen LogP contribution in [0.15, 0.2) is 24.3 Å². The van der Waals surface area contributed by atoms with E-state index < -0.39 is 0 Å². The molecule has 0 aliphatic carbocycles. The van der Waals surface area contributed by atoms with Crippen molar-refractivity contribution < 1.29 is 4.79 Å². The maximum absolute atomic E-state index is 11.3. The molecule has 94 valence electrons. The molecule has 0 saturated carbocycles. The van der Waals surface area contributed by atoms with Crippen LogP contribution in [0, 0.1) is 13.8 Å². The number of rotatable bonds is 4. The summed E-state index contributed by atoms with van der Waals surface area (Å²) in [5.41, 5.74) is 1.99. The molecule has 1 aromatic heterocycles. The highest BCUT2D eigenvalue weighted by atomic mass is 35.5. The standard InChI is InChI=1S/C14H14ClNOS/c1-9-10(2)18-14(16-9)12(8-17)7-11-5-3-4-6-13(11)15/h3-6,8,12H,7H2,1-2H3. The van der Waals surface area contributed by atoms with Crippen molar-refractivity contribution in [1.29, 1.82) is 0 Å². The van der Waals surface area contributed by atoms with E-state index in [-0.39, 0.29) is 5.92 Å². The molecule has 2 nitrogen and oxygen atoms in total. The van der Waals surface area contributed by atoms with Gasteiger partial charge in [-0.1, -0.05) is 29.8 Å². The van der Waals surface area contributed by atoms with Crippen molar-refractivity contribution in [3.63, 3.8) is 0 Å². The molecule has 1 heterocycles. The predicted molar refractivity (Wildman–Crippen MR) is 75.5 cm³/mol. The van der Waals surface area contributed by atoms with E-state index in [1.54, 1.807) is 11.3 Å². The number of hydrogen-bond donors (Lipinski definition) is 0. The van der Waals surface area contributed by atoms with Gasteiger partial charge in [-0.25, -0.2) is 4.98 Å². The Morgan fingerprint density at radius 3 is 2.67 bits per heavy atom. The summed E-state index contributed by atoms with van der Waals surface area (Å²) in [4.78, 5) is 16.9. The van der Waals surface area contributed by atoms with Gasteiger partial charge in [0.2, 0.25) is 0 Å². The predicted octanol–water partition coefficient (Wildman–Crippen LogP) is 3.94. The smallest absolute Gasteiger partial charge is 0.130 e. The average molecular weight is 280 g/mol. The molecule has 1 aromatic carbocycles. The molecule has 0 aliphatic heterocycles. The molecular weight excluding hydrogens is 266 g/mol. The Balaban J connectivity index is 2.25. The largest absolute Gasteiger partial charge is 0.303 e. The SMILES string of the molecule is Cc1nc(C(C=O)Cc2ccccc2Cl)sc1C. The van der Waals surface area contributed by atoms with Gasteiger partial charge in [0.1, 0.15) is 11.3 Å². The van der Waals surface area contributed by atoms with E-state index in [0.29, 0.717) is 11.4 Å². The van der Waals surface area contributed by atoms with Crippen LogP contribution in [0.2, 0.25) is 5.02 Å². The first-order valence-corrected chi connectivity index (χ1v) is 6.94. The molecule has 2 aromatic rings. The van der Waals surface area contributed by atoms with Crippen LogP contribution in [0.25, 0.3) is 0 Å². The van der Waals surface area contributed by atoms with E-state index in [9.17, 15) is 4.79 Å². The van der Waals surface area contributed by atoms with Gasteiger partial charge in [-0.2, -0.15) is 0 Å². The van der Waals surface area contributed by atoms with E-state index in [2.05, 4.69) is 4.98 Å². The molecule has 2 rings (SSSR count). The Labute approximate surface area is 116 Å². The lowest BCUT2D eigenvalue weighted by Crippen LogP contribution is -2.04. The number of halogens is 1. The van der Waals surface area contributed by atoms with Crippen LogP contribution in [-0.4, -0.2) is 11.3 Å². The van der Waals surface area contributed by atoms with Gasteiger partial charge >= 0.3 is 0 Å². The third-order valence-corrected chi connectivity index (χ3v) is 4.50. The number of aromatic nitrogens is 1. The molecule has 0 saturated heterocycles. The van der Waals surface area contributed by atoms with Crippen LogP contribution >= 0.6 is 22.9 Å². The van der Waals surface area contributed by atoms with Crippen LogP contribution in [0.1, 0.15) is 27.1 Å². The minimum absolute atomic E-state index is 0.206. The van der Waals surface area contributed by atoms with E-state index in [1.165, 1.54) is 0 Å². The second-order valence-corrected chi connectivity index (χ2v) is 5.87. The number of aryl methyl sites for hydroxylation is 2. The highest BCUT2D eigenvalue weighted by Crippen LogP contribution is 2.28. The lowest BCUT2D eigenvalue weighted by molar-refractivity contribution is -0.109. The summed E-state index contributed by atoms with van der Waals surface area (Å²) < 4.78 is 0. The van der Waals surface area contributed by atoms with E-state index in [1.807, 2.05) is 38.1 Å². The van der Waals surface area contributed by atoms with E-state index in [0.717, 1.165) is 27.4 Å². The molecule has 0 N–H and O–H groups in total. The first-order chi connectivity index (χ1) is 8.61. The first kappa shape index (κ1) is 13.2. The molecule has 0 aliphatic rings. The number of nitrogens with zero attached hydrogens (tertiary/aromatic N) is 1. The average Bonchev–Trinajstić information content (AvgIpc) is 2.68. The van der Waals surface area contributed by atoms with Gasteiger partial charge in [-0.05, 0) is 31.9 Å². The van der Waals surface area contributed by atoms with Crippen LogP contribution in [-0.2, 0) is 11.2 Å². The van der Waals surface area contributed by atoms with Crippen molar-refractivity contribution in [2.24, 2.45) is 0 Å². The molecule has 0 radical (unpaired) electrons. The summed E-state index contributed by atoms with van der Waals surface area (Å²) >= 11 is 7.70. The Kier molecular flexibility index (Phi) is 4.15. The summed E-state index contributed by atoms with van der Waals surface area (Å²) in [6, 6.07) is 7.62. The van der Waals surface area contributed by atoms with Crippen LogP contribution in [0.4, 0.5) is 0 Å². The summed E-state index contributed by atoms with van der Waals surface area (Å²) in [6.45, 7) is 3.99. The molecule has 0 spiro atoms. The third kappa shape index (κ3) is 2.79. The van der Waals surface area contributed by atoms with Gasteiger partial charge in [-0.3, -0.25) is 0 Å². The summed E-state index contributed by atoms with van der Waals surface area (Å²) in [6.07, 6.45) is 1.57. The topological polar surface area (TPSA) is 30.0 Å². The lowest BCUT2D eigenvalue weighted by Gasteiger charge is -2.08. The summed E-state index contributed by atoms with van der Waals surface area (Å²) in [5, 5.41) is 1.58. The number of carbonyl (C=O) groups is 1. The normalized spacial score (nSPS) is 12.4. The highest BCUT2D eigenvalue weighted by Gasteiger charge is 2.17. The Hall–Kier alpha value is -1.19. The maximum Gasteiger partial charge on any atom is 0.130 e. The van der Waals surface area contributed by atoms with Gasteiger partial charge in [0.25, 0.3) is 0 Å². The highest BCUT2D eigenvalue weighted by molar-refractivity contribution is 7.11. The molecule has 0 fully saturated rings. The lowest BCUT2D eigenvalue weighted by atomic mass is 10.0. The van der Waals surface area contributed by atoms with Crippen LogP contribution in [0.3, 0.4) is 0 Å². The van der Waals surface area contributed by atoms with Crippen molar-refractivity contribution in [3.8, 4) is 0 Å². The zero-order valence-corrected chi connectivity index (χ0v) is 11.9. The van der Waals surface area contributed by atoms with Crippen molar-refractivity contribution in [2.45, 2.75) is 26.2 Å². The minimum Gasteiger partial charge on any atom is -0.303 e. The minimum atomic E-state index is -0.206. The molecule has 0 bridgehead atoms. The van der Waals surface area contributed by atoms with Crippen molar-refractivity contribution in [3.05, 3.63) is 50.4 Å². The Morgan fingerprint density at radius 1 is 1.39 bits per heavy atom. The van der Waals surface area contributed by atoms with Crippen LogP contribution < -0.4 is 0 Å². The van der Waals surface area contributed by atoms with E-state index in [4.69, 9.17) is 11.6 Å². The third-order valence-electron chi connectivity index (χ3n) is 2.92. The molecule has 4 heteroatoms. The van der Waals surface area contributed by atoms with Gasteiger partial charge in [0, 0.05) is 9.90 Å². The molecular formula is C14H14ClNOS. The second kappa shape index (κ2) is 5.63. The Morgan fingerprint density at radius 2 is 2.11 bits per heavy atom.